The van der Waals surface area contributed by atoms with Gasteiger partial charge in [0.1, 0.15) is 11.6 Å². The number of ether oxygens (including phenoxy) is 1. The van der Waals surface area contributed by atoms with Crippen LogP contribution < -0.4 is 10.1 Å². The number of benzene rings is 2. The molecule has 0 spiro atoms. The minimum Gasteiger partial charge on any atom is -0.480 e. The normalized spacial score (nSPS) is 11.8. The van der Waals surface area contributed by atoms with Crippen LogP contribution in [0.3, 0.4) is 0 Å². The molecule has 2 rings (SSSR count). The Morgan fingerprint density at radius 3 is 2.71 bits per heavy atom. The summed E-state index contributed by atoms with van der Waals surface area (Å²) in [5.74, 6) is -0.455. The van der Waals surface area contributed by atoms with Crippen molar-refractivity contribution in [2.75, 3.05) is 5.32 Å². The standard InChI is InChI=1S/C15H12BrClFNO2/c1-9(21-14-7-6-10(17)8-11(14)16)15(20)19-13-5-3-2-4-12(13)18/h2-9H,1H3,(H,19,20)/t9-/m0/s1. The summed E-state index contributed by atoms with van der Waals surface area (Å²) in [5.41, 5.74) is 0.119. The molecule has 3 nitrogen and oxygen atoms in total. The van der Waals surface area contributed by atoms with E-state index < -0.39 is 17.8 Å². The number of hydrogen-bond donors (Lipinski definition) is 1. The summed E-state index contributed by atoms with van der Waals surface area (Å²) in [6.07, 6.45) is -0.790. The van der Waals surface area contributed by atoms with Gasteiger partial charge in [0.2, 0.25) is 0 Å². The minimum absolute atomic E-state index is 0.119. The largest absolute Gasteiger partial charge is 0.480 e. The summed E-state index contributed by atoms with van der Waals surface area (Å²) in [4.78, 5) is 12.0. The van der Waals surface area contributed by atoms with Crippen molar-refractivity contribution in [1.29, 1.82) is 0 Å². The summed E-state index contributed by atoms with van der Waals surface area (Å²) < 4.78 is 19.6. The van der Waals surface area contributed by atoms with E-state index in [0.717, 1.165) is 0 Å². The molecule has 0 radical (unpaired) electrons. The minimum atomic E-state index is -0.790. The van der Waals surface area contributed by atoms with Crippen LogP contribution in [-0.2, 0) is 4.79 Å². The molecule has 21 heavy (non-hydrogen) atoms. The van der Waals surface area contributed by atoms with E-state index in [1.807, 2.05) is 0 Å². The highest BCUT2D eigenvalue weighted by Gasteiger charge is 2.17. The molecule has 0 bridgehead atoms. The van der Waals surface area contributed by atoms with Gasteiger partial charge in [-0.2, -0.15) is 0 Å². The van der Waals surface area contributed by atoms with Crippen LogP contribution in [0.25, 0.3) is 0 Å². The molecule has 0 aliphatic rings. The maximum absolute atomic E-state index is 13.5. The number of hydrogen-bond acceptors (Lipinski definition) is 2. The molecule has 1 amide bonds. The Bertz CT molecular complexity index is 666. The van der Waals surface area contributed by atoms with E-state index in [1.54, 1.807) is 37.3 Å². The van der Waals surface area contributed by atoms with Crippen molar-refractivity contribution in [1.82, 2.24) is 0 Å². The second-order valence-electron chi connectivity index (χ2n) is 4.30. The highest BCUT2D eigenvalue weighted by molar-refractivity contribution is 9.10. The summed E-state index contributed by atoms with van der Waals surface area (Å²) in [6.45, 7) is 1.58. The van der Waals surface area contributed by atoms with Gasteiger partial charge in [0, 0.05) is 5.02 Å². The molecule has 0 heterocycles. The molecule has 0 aliphatic heterocycles. The highest BCUT2D eigenvalue weighted by Crippen LogP contribution is 2.28. The van der Waals surface area contributed by atoms with Gasteiger partial charge in [-0.15, -0.1) is 0 Å². The molecule has 0 aromatic heterocycles. The maximum atomic E-state index is 13.5. The topological polar surface area (TPSA) is 38.3 Å². The van der Waals surface area contributed by atoms with Crippen LogP contribution in [0.15, 0.2) is 46.9 Å². The second-order valence-corrected chi connectivity index (χ2v) is 5.59. The van der Waals surface area contributed by atoms with Gasteiger partial charge in [0.05, 0.1) is 10.2 Å². The zero-order chi connectivity index (χ0) is 15.4. The van der Waals surface area contributed by atoms with Crippen molar-refractivity contribution in [2.45, 2.75) is 13.0 Å². The monoisotopic (exact) mass is 371 g/mol. The summed E-state index contributed by atoms with van der Waals surface area (Å²) in [7, 11) is 0. The predicted molar refractivity (Wildman–Crippen MR) is 84.3 cm³/mol. The van der Waals surface area contributed by atoms with E-state index in [1.165, 1.54) is 12.1 Å². The van der Waals surface area contributed by atoms with Crippen molar-refractivity contribution in [2.24, 2.45) is 0 Å². The smallest absolute Gasteiger partial charge is 0.265 e. The van der Waals surface area contributed by atoms with Gasteiger partial charge < -0.3 is 10.1 Å². The first-order valence-electron chi connectivity index (χ1n) is 6.14. The van der Waals surface area contributed by atoms with Crippen LogP contribution in [0.5, 0.6) is 5.75 Å². The maximum Gasteiger partial charge on any atom is 0.265 e. The lowest BCUT2D eigenvalue weighted by molar-refractivity contribution is -0.122. The van der Waals surface area contributed by atoms with Crippen LogP contribution >= 0.6 is 27.5 Å². The molecule has 0 saturated carbocycles. The first-order chi connectivity index (χ1) is 9.97. The number of amides is 1. The average molecular weight is 373 g/mol. The van der Waals surface area contributed by atoms with Crippen molar-refractivity contribution in [3.05, 3.63) is 57.8 Å². The first kappa shape index (κ1) is 15.8. The van der Waals surface area contributed by atoms with Gasteiger partial charge in [0.15, 0.2) is 6.10 Å². The molecular formula is C15H12BrClFNO2. The number of halogens is 3. The van der Waals surface area contributed by atoms with Crippen LogP contribution in [0.1, 0.15) is 6.92 Å². The van der Waals surface area contributed by atoms with E-state index >= 15 is 0 Å². The van der Waals surface area contributed by atoms with Crippen LogP contribution in [0, 0.1) is 5.82 Å². The lowest BCUT2D eigenvalue weighted by Gasteiger charge is -2.16. The molecule has 1 atom stereocenters. The number of nitrogens with one attached hydrogen (secondary N) is 1. The molecule has 0 unspecified atom stereocenters. The molecule has 110 valence electrons. The predicted octanol–water partition coefficient (Wildman–Crippen LogP) is 4.65. The summed E-state index contributed by atoms with van der Waals surface area (Å²) in [6, 6.07) is 10.9. The fourth-order valence-corrected chi connectivity index (χ4v) is 2.39. The molecule has 2 aromatic carbocycles. The van der Waals surface area contributed by atoms with E-state index in [-0.39, 0.29) is 5.69 Å². The molecule has 0 saturated heterocycles. The zero-order valence-corrected chi connectivity index (χ0v) is 13.4. The third kappa shape index (κ3) is 4.19. The number of anilines is 1. The number of carbonyl (C=O) groups is 1. The van der Waals surface area contributed by atoms with Crippen molar-refractivity contribution >= 4 is 39.1 Å². The van der Waals surface area contributed by atoms with E-state index in [2.05, 4.69) is 21.2 Å². The van der Waals surface area contributed by atoms with Gasteiger partial charge in [-0.25, -0.2) is 4.39 Å². The highest BCUT2D eigenvalue weighted by atomic mass is 79.9. The van der Waals surface area contributed by atoms with Gasteiger partial charge in [-0.3, -0.25) is 4.79 Å². The van der Waals surface area contributed by atoms with Gasteiger partial charge >= 0.3 is 0 Å². The Morgan fingerprint density at radius 2 is 2.05 bits per heavy atom. The lowest BCUT2D eigenvalue weighted by Crippen LogP contribution is -2.30. The van der Waals surface area contributed by atoms with Gasteiger partial charge in [0.25, 0.3) is 5.91 Å². The quantitative estimate of drug-likeness (QED) is 0.848. The molecule has 2 aromatic rings. The molecule has 0 aliphatic carbocycles. The van der Waals surface area contributed by atoms with Gasteiger partial charge in [-0.05, 0) is 53.2 Å². The molecule has 0 fully saturated rings. The molecule has 1 N–H and O–H groups in total. The Labute approximate surface area is 135 Å². The first-order valence-corrected chi connectivity index (χ1v) is 7.31. The van der Waals surface area contributed by atoms with Gasteiger partial charge in [-0.1, -0.05) is 23.7 Å². The average Bonchev–Trinajstić information content (AvgIpc) is 2.44. The molecular weight excluding hydrogens is 361 g/mol. The van der Waals surface area contributed by atoms with Crippen LogP contribution in [0.2, 0.25) is 5.02 Å². The third-order valence-corrected chi connectivity index (χ3v) is 3.55. The van der Waals surface area contributed by atoms with E-state index in [9.17, 15) is 9.18 Å². The zero-order valence-electron chi connectivity index (χ0n) is 11.1. The van der Waals surface area contributed by atoms with E-state index in [0.29, 0.717) is 15.2 Å². The number of para-hydroxylation sites is 1. The second kappa shape index (κ2) is 6.91. The lowest BCUT2D eigenvalue weighted by atomic mass is 10.3. The SMILES string of the molecule is C[C@H](Oc1ccc(Cl)cc1Br)C(=O)Nc1ccccc1F. The van der Waals surface area contributed by atoms with Crippen molar-refractivity contribution < 1.29 is 13.9 Å². The van der Waals surface area contributed by atoms with Crippen LogP contribution in [0.4, 0.5) is 10.1 Å². The summed E-state index contributed by atoms with van der Waals surface area (Å²) in [5, 5.41) is 3.03. The Morgan fingerprint density at radius 1 is 1.33 bits per heavy atom. The Hall–Kier alpha value is -1.59. The summed E-state index contributed by atoms with van der Waals surface area (Å²) >= 11 is 9.14. The van der Waals surface area contributed by atoms with E-state index in [4.69, 9.17) is 16.3 Å². The number of carbonyl (C=O) groups excluding carboxylic acids is 1. The Kier molecular flexibility index (Phi) is 5.20. The third-order valence-electron chi connectivity index (χ3n) is 2.70. The Balaban J connectivity index is 2.04. The van der Waals surface area contributed by atoms with Crippen molar-refractivity contribution in [3.63, 3.8) is 0 Å². The fraction of sp³-hybridized carbons (Fsp3) is 0.133. The van der Waals surface area contributed by atoms with Crippen LogP contribution in [-0.4, -0.2) is 12.0 Å². The fourth-order valence-electron chi connectivity index (χ4n) is 1.61. The van der Waals surface area contributed by atoms with Crippen molar-refractivity contribution in [3.8, 4) is 5.75 Å². The number of rotatable bonds is 4. The molecule has 6 heteroatoms.